The SMILES string of the molecule is O=C([O-])CN(CCN(CC(=O)[O-])CC(=O)[O-])CC(=O)[O-].O=S([O-])O.OCC(O)C(O)C(O)C(O)CO.[Ca+2].[Na+].[Na+].[Na+]. The van der Waals surface area contributed by atoms with Gasteiger partial charge >= 0.3 is 126 Å². The molecule has 40 heavy (non-hydrogen) atoms. The molecule has 0 spiro atoms. The van der Waals surface area contributed by atoms with Crippen LogP contribution in [0.5, 0.6) is 0 Å². The molecule has 0 heterocycles. The molecule has 24 heteroatoms. The first-order valence-corrected chi connectivity index (χ1v) is 10.5. The van der Waals surface area contributed by atoms with Gasteiger partial charge in [-0.1, -0.05) is 0 Å². The Balaban J connectivity index is -0.0000000941. The number of carboxylic acid groups (broad SMARTS) is 4. The van der Waals surface area contributed by atoms with E-state index in [1.165, 1.54) is 0 Å². The van der Waals surface area contributed by atoms with E-state index in [4.69, 9.17) is 44.0 Å². The standard InChI is InChI=1S/C10H16N2O8.C6H14O6.Ca.3Na.H2O3S/c13-7(14)3-11(4-8(15)16)1-2-12(5-9(17)18)6-10(19)20;7-1-3(9)5(11)6(12)4(10)2-8;;;;;1-4(2)3/h1-6H2,(H,13,14)(H,15,16)(H,17,18)(H,19,20);3-12H,1-2H2;;;;;(H2,1,2,3)/q;;+2;3*+1;/p-5. The Morgan fingerprint density at radius 3 is 0.925 bits per heavy atom. The monoisotopic (exact) mass is 660 g/mol. The first-order chi connectivity index (χ1) is 16.5. The number of nitrogens with zero attached hydrogens (tertiary/aromatic N) is 2. The van der Waals surface area contributed by atoms with Gasteiger partial charge in [0.15, 0.2) is 0 Å². The van der Waals surface area contributed by atoms with Gasteiger partial charge in [0.2, 0.25) is 0 Å². The Kier molecular flexibility index (Phi) is 50.9. The van der Waals surface area contributed by atoms with E-state index in [9.17, 15) is 39.6 Å². The predicted molar refractivity (Wildman–Crippen MR) is 108 cm³/mol. The third kappa shape index (κ3) is 39.9. The van der Waals surface area contributed by atoms with Crippen LogP contribution < -0.4 is 109 Å². The van der Waals surface area contributed by atoms with Crippen LogP contribution in [0.2, 0.25) is 0 Å². The Hall–Kier alpha value is 1.89. The van der Waals surface area contributed by atoms with Gasteiger partial charge in [-0.15, -0.1) is 0 Å². The molecular formula is C16H27CaN2Na3O17S. The third-order valence-corrected chi connectivity index (χ3v) is 3.66. The number of aliphatic hydroxyl groups is 6. The van der Waals surface area contributed by atoms with Crippen molar-refractivity contribution in [2.75, 3.05) is 52.5 Å². The maximum Gasteiger partial charge on any atom is 2.00 e. The fourth-order valence-corrected chi connectivity index (χ4v) is 2.11. The zero-order chi connectivity index (χ0) is 29.0. The molecule has 0 saturated carbocycles. The molecule has 0 aromatic rings. The van der Waals surface area contributed by atoms with Crippen molar-refractivity contribution in [3.8, 4) is 0 Å². The second-order valence-electron chi connectivity index (χ2n) is 6.61. The average molecular weight is 661 g/mol. The van der Waals surface area contributed by atoms with E-state index in [2.05, 4.69) is 0 Å². The van der Waals surface area contributed by atoms with E-state index in [1.807, 2.05) is 0 Å². The number of aliphatic hydroxyl groups excluding tert-OH is 6. The molecular weight excluding hydrogens is 633 g/mol. The molecule has 214 valence electrons. The molecule has 19 nitrogen and oxygen atoms in total. The Morgan fingerprint density at radius 1 is 0.625 bits per heavy atom. The number of carbonyl (C=O) groups excluding carboxylic acids is 4. The first kappa shape index (κ1) is 57.5. The van der Waals surface area contributed by atoms with Crippen LogP contribution in [0.1, 0.15) is 0 Å². The number of hydrogen-bond acceptors (Lipinski definition) is 18. The van der Waals surface area contributed by atoms with Gasteiger partial charge in [-0.2, -0.15) is 0 Å². The normalized spacial score (nSPS) is 13.3. The van der Waals surface area contributed by atoms with Gasteiger partial charge in [0.1, 0.15) is 24.4 Å². The van der Waals surface area contributed by atoms with Crippen LogP contribution in [0.3, 0.4) is 0 Å². The Labute approximate surface area is 327 Å². The zero-order valence-electron chi connectivity index (χ0n) is 22.2. The molecule has 0 amide bonds. The van der Waals surface area contributed by atoms with Crippen molar-refractivity contribution < 1.29 is 172 Å². The quantitative estimate of drug-likeness (QED) is 0.0596. The van der Waals surface area contributed by atoms with E-state index in [0.29, 0.717) is 0 Å². The predicted octanol–water partition coefficient (Wildman–Crippen LogP) is -21.0. The maximum atomic E-state index is 10.4. The molecule has 0 radical (unpaired) electrons. The topological polar surface area (TPSA) is 349 Å². The van der Waals surface area contributed by atoms with E-state index in [1.54, 1.807) is 0 Å². The van der Waals surface area contributed by atoms with Crippen LogP contribution in [0.15, 0.2) is 0 Å². The summed E-state index contributed by atoms with van der Waals surface area (Å²) in [5, 5.41) is 93.8. The van der Waals surface area contributed by atoms with Gasteiger partial charge in [-0.3, -0.25) is 9.80 Å². The van der Waals surface area contributed by atoms with Crippen molar-refractivity contribution in [3.63, 3.8) is 0 Å². The fourth-order valence-electron chi connectivity index (χ4n) is 2.11. The van der Waals surface area contributed by atoms with Crippen LogP contribution in [0.25, 0.3) is 0 Å². The Morgan fingerprint density at radius 2 is 0.800 bits per heavy atom. The molecule has 0 aliphatic carbocycles. The van der Waals surface area contributed by atoms with Crippen molar-refractivity contribution >= 4 is 73.0 Å². The molecule has 0 aliphatic heterocycles. The molecule has 0 aliphatic rings. The van der Waals surface area contributed by atoms with Crippen LogP contribution in [-0.4, -0.2) is 192 Å². The van der Waals surface area contributed by atoms with Gasteiger partial charge in [-0.05, 0) is 0 Å². The Bertz CT molecular complexity index is 617. The summed E-state index contributed by atoms with van der Waals surface area (Å²) in [6.45, 7) is -4.70. The molecule has 0 bridgehead atoms. The summed E-state index contributed by atoms with van der Waals surface area (Å²) in [5.41, 5.74) is 0. The van der Waals surface area contributed by atoms with E-state index < -0.39 is 99.0 Å². The van der Waals surface area contributed by atoms with Crippen LogP contribution >= 0.6 is 0 Å². The number of hydrogen-bond donors (Lipinski definition) is 7. The van der Waals surface area contributed by atoms with E-state index in [0.717, 1.165) is 9.80 Å². The van der Waals surface area contributed by atoms with Crippen molar-refractivity contribution in [1.29, 1.82) is 0 Å². The molecule has 5 unspecified atom stereocenters. The average Bonchev–Trinajstić information content (AvgIpc) is 2.73. The summed E-state index contributed by atoms with van der Waals surface area (Å²) < 4.78 is 24.1. The van der Waals surface area contributed by atoms with Gasteiger partial charge in [-0.25, -0.2) is 4.21 Å². The van der Waals surface area contributed by atoms with Crippen LogP contribution in [0.4, 0.5) is 0 Å². The van der Waals surface area contributed by atoms with Gasteiger partial charge < -0.3 is 79.3 Å². The minimum Gasteiger partial charge on any atom is -0.750 e. The summed E-state index contributed by atoms with van der Waals surface area (Å²) >= 11 is -2.86. The van der Waals surface area contributed by atoms with Gasteiger partial charge in [0.25, 0.3) is 0 Å². The summed E-state index contributed by atoms with van der Waals surface area (Å²) in [6.07, 6.45) is -6.39. The van der Waals surface area contributed by atoms with Crippen LogP contribution in [-0.2, 0) is 30.5 Å². The van der Waals surface area contributed by atoms with E-state index >= 15 is 0 Å². The first-order valence-electron chi connectivity index (χ1n) is 9.44. The minimum atomic E-state index is -2.86. The third-order valence-electron chi connectivity index (χ3n) is 3.66. The van der Waals surface area contributed by atoms with Gasteiger partial charge in [0, 0.05) is 39.3 Å². The summed E-state index contributed by atoms with van der Waals surface area (Å²) in [6, 6.07) is 0. The van der Waals surface area contributed by atoms with E-state index in [-0.39, 0.29) is 139 Å². The molecule has 0 rings (SSSR count). The van der Waals surface area contributed by atoms with Crippen molar-refractivity contribution in [1.82, 2.24) is 9.80 Å². The number of carbonyl (C=O) groups is 4. The van der Waals surface area contributed by atoms with Crippen molar-refractivity contribution in [2.45, 2.75) is 24.4 Å². The molecule has 0 saturated heterocycles. The molecule has 0 aromatic carbocycles. The van der Waals surface area contributed by atoms with Crippen molar-refractivity contribution in [3.05, 3.63) is 0 Å². The number of rotatable bonds is 16. The second-order valence-corrected chi connectivity index (χ2v) is 7.04. The fraction of sp³-hybridized carbons (Fsp3) is 0.750. The zero-order valence-corrected chi connectivity index (χ0v) is 31.2. The smallest absolute Gasteiger partial charge is 0.750 e. The summed E-state index contributed by atoms with van der Waals surface area (Å²) in [7, 11) is 0. The number of carboxylic acids is 4. The molecule has 5 atom stereocenters. The largest absolute Gasteiger partial charge is 2.00 e. The maximum absolute atomic E-state index is 10.4. The molecule has 0 fully saturated rings. The molecule has 0 aromatic heterocycles. The number of aliphatic carboxylic acids is 4. The van der Waals surface area contributed by atoms with Crippen LogP contribution in [0, 0.1) is 0 Å². The summed E-state index contributed by atoms with van der Waals surface area (Å²) in [4.78, 5) is 43.4. The van der Waals surface area contributed by atoms with Crippen molar-refractivity contribution in [2.24, 2.45) is 0 Å². The summed E-state index contributed by atoms with van der Waals surface area (Å²) in [5.74, 6) is -6.12. The van der Waals surface area contributed by atoms with Gasteiger partial charge in [0.05, 0.1) is 48.5 Å². The molecule has 7 N–H and O–H groups in total. The minimum absolute atomic E-state index is 0. The second kappa shape index (κ2) is 35.4.